The highest BCUT2D eigenvalue weighted by atomic mass is 16.5. The van der Waals surface area contributed by atoms with Crippen LogP contribution in [-0.4, -0.2) is 19.7 Å². The van der Waals surface area contributed by atoms with E-state index in [0.717, 1.165) is 30.8 Å². The Labute approximate surface area is 151 Å². The number of unbranched alkanes of at least 4 members (excludes halogenated alkanes) is 2. The van der Waals surface area contributed by atoms with E-state index in [0.29, 0.717) is 12.8 Å². The summed E-state index contributed by atoms with van der Waals surface area (Å²) in [5.41, 5.74) is 3.85. The van der Waals surface area contributed by atoms with E-state index in [2.05, 4.69) is 35.9 Å². The predicted octanol–water partition coefficient (Wildman–Crippen LogP) is 4.89. The number of carbonyl (C=O) groups is 1. The first-order valence-corrected chi connectivity index (χ1v) is 9.01. The van der Waals surface area contributed by atoms with Crippen LogP contribution in [0.25, 0.3) is 0 Å². The zero-order valence-corrected chi connectivity index (χ0v) is 15.3. The molecule has 0 fully saturated rings. The smallest absolute Gasteiger partial charge is 0.305 e. The molecule has 3 nitrogen and oxygen atoms in total. The van der Waals surface area contributed by atoms with Crippen LogP contribution in [-0.2, 0) is 22.4 Å². The fourth-order valence-electron chi connectivity index (χ4n) is 2.65. The number of methoxy groups -OCH3 is 1. The van der Waals surface area contributed by atoms with Gasteiger partial charge in [-0.15, -0.1) is 0 Å². The summed E-state index contributed by atoms with van der Waals surface area (Å²) in [6.07, 6.45) is 5.68. The summed E-state index contributed by atoms with van der Waals surface area (Å²) >= 11 is 0. The second-order valence-electron chi connectivity index (χ2n) is 6.36. The molecular weight excluding hydrogens is 312 g/mol. The minimum Gasteiger partial charge on any atom is -0.494 e. The summed E-state index contributed by atoms with van der Waals surface area (Å²) in [6, 6.07) is 16.7. The molecule has 0 unspecified atom stereocenters. The van der Waals surface area contributed by atoms with Gasteiger partial charge in [-0.1, -0.05) is 42.0 Å². The predicted molar refractivity (Wildman–Crippen MR) is 101 cm³/mol. The van der Waals surface area contributed by atoms with Crippen molar-refractivity contribution < 1.29 is 14.3 Å². The first kappa shape index (κ1) is 19.0. The molecule has 2 aromatic carbocycles. The SMILES string of the molecule is COC(=O)CCc1ccc(OCCCCCc2ccc(C)cc2)cc1. The first-order chi connectivity index (χ1) is 12.2. The number of carbonyl (C=O) groups excluding carboxylic acids is 1. The van der Waals surface area contributed by atoms with Gasteiger partial charge in [0.05, 0.1) is 13.7 Å². The highest BCUT2D eigenvalue weighted by Gasteiger charge is 2.02. The molecule has 0 aliphatic carbocycles. The average Bonchev–Trinajstić information content (AvgIpc) is 2.65. The fraction of sp³-hybridized carbons (Fsp3) is 0.409. The average molecular weight is 340 g/mol. The summed E-state index contributed by atoms with van der Waals surface area (Å²) in [5.74, 6) is 0.714. The Morgan fingerprint density at radius 3 is 2.16 bits per heavy atom. The van der Waals surface area contributed by atoms with Crippen molar-refractivity contribution in [3.63, 3.8) is 0 Å². The van der Waals surface area contributed by atoms with Crippen LogP contribution in [0.1, 0.15) is 42.4 Å². The molecule has 0 bridgehead atoms. The van der Waals surface area contributed by atoms with Crippen LogP contribution in [0.4, 0.5) is 0 Å². The topological polar surface area (TPSA) is 35.5 Å². The van der Waals surface area contributed by atoms with Crippen LogP contribution in [0.2, 0.25) is 0 Å². The molecule has 0 saturated carbocycles. The number of hydrogen-bond donors (Lipinski definition) is 0. The third-order valence-corrected chi connectivity index (χ3v) is 4.27. The van der Waals surface area contributed by atoms with Crippen LogP contribution >= 0.6 is 0 Å². The lowest BCUT2D eigenvalue weighted by Crippen LogP contribution is -2.02. The van der Waals surface area contributed by atoms with Gasteiger partial charge in [0.2, 0.25) is 0 Å². The molecule has 134 valence electrons. The van der Waals surface area contributed by atoms with Gasteiger partial charge in [-0.3, -0.25) is 4.79 Å². The Kier molecular flexibility index (Phi) is 8.03. The van der Waals surface area contributed by atoms with Crippen LogP contribution in [0.5, 0.6) is 5.75 Å². The van der Waals surface area contributed by atoms with Crippen molar-refractivity contribution in [2.24, 2.45) is 0 Å². The second kappa shape index (κ2) is 10.5. The van der Waals surface area contributed by atoms with Crippen molar-refractivity contribution in [3.05, 3.63) is 65.2 Å². The zero-order chi connectivity index (χ0) is 17.9. The second-order valence-corrected chi connectivity index (χ2v) is 6.36. The molecule has 3 heteroatoms. The minimum absolute atomic E-state index is 0.175. The largest absolute Gasteiger partial charge is 0.494 e. The molecular formula is C22H28O3. The molecule has 2 rings (SSSR count). The number of esters is 1. The maximum atomic E-state index is 11.1. The third kappa shape index (κ3) is 7.42. The number of aryl methyl sites for hydroxylation is 3. The molecule has 0 spiro atoms. The monoisotopic (exact) mass is 340 g/mol. The van der Waals surface area contributed by atoms with Gasteiger partial charge >= 0.3 is 5.97 Å². The first-order valence-electron chi connectivity index (χ1n) is 9.01. The highest BCUT2D eigenvalue weighted by Crippen LogP contribution is 2.15. The zero-order valence-electron chi connectivity index (χ0n) is 15.3. The molecule has 0 radical (unpaired) electrons. The summed E-state index contributed by atoms with van der Waals surface area (Å²) in [7, 11) is 1.42. The van der Waals surface area contributed by atoms with Crippen molar-refractivity contribution in [1.29, 1.82) is 0 Å². The van der Waals surface area contributed by atoms with E-state index in [4.69, 9.17) is 4.74 Å². The van der Waals surface area contributed by atoms with Gasteiger partial charge < -0.3 is 9.47 Å². The van der Waals surface area contributed by atoms with Crippen molar-refractivity contribution in [3.8, 4) is 5.75 Å². The van der Waals surface area contributed by atoms with Gasteiger partial charge in [-0.25, -0.2) is 0 Å². The van der Waals surface area contributed by atoms with Crippen molar-refractivity contribution in [2.45, 2.75) is 45.4 Å². The van der Waals surface area contributed by atoms with Crippen LogP contribution in [0, 0.1) is 6.92 Å². The highest BCUT2D eigenvalue weighted by molar-refractivity contribution is 5.69. The normalized spacial score (nSPS) is 10.5. The summed E-state index contributed by atoms with van der Waals surface area (Å²) < 4.78 is 10.4. The van der Waals surface area contributed by atoms with Gasteiger partial charge in [-0.2, -0.15) is 0 Å². The van der Waals surface area contributed by atoms with E-state index in [1.807, 2.05) is 24.3 Å². The lowest BCUT2D eigenvalue weighted by atomic mass is 10.1. The van der Waals surface area contributed by atoms with Crippen LogP contribution in [0.3, 0.4) is 0 Å². The minimum atomic E-state index is -0.175. The standard InChI is InChI=1S/C22H28O3/c1-18-7-9-19(10-8-18)6-4-3-5-17-25-21-14-11-20(12-15-21)13-16-22(23)24-2/h7-12,14-15H,3-6,13,16-17H2,1-2H3. The molecule has 0 N–H and O–H groups in total. The molecule has 0 atom stereocenters. The Balaban J connectivity index is 1.58. The quantitative estimate of drug-likeness (QED) is 0.456. The summed E-state index contributed by atoms with van der Waals surface area (Å²) in [5, 5.41) is 0. The van der Waals surface area contributed by atoms with Crippen LogP contribution in [0.15, 0.2) is 48.5 Å². The third-order valence-electron chi connectivity index (χ3n) is 4.27. The molecule has 0 saturated heterocycles. The number of ether oxygens (including phenoxy) is 2. The van der Waals surface area contributed by atoms with E-state index >= 15 is 0 Å². The van der Waals surface area contributed by atoms with Gasteiger partial charge in [0.25, 0.3) is 0 Å². The van der Waals surface area contributed by atoms with E-state index < -0.39 is 0 Å². The molecule has 0 heterocycles. The van der Waals surface area contributed by atoms with Gasteiger partial charge in [0, 0.05) is 6.42 Å². The molecule has 2 aromatic rings. The fourth-order valence-corrected chi connectivity index (χ4v) is 2.65. The van der Waals surface area contributed by atoms with E-state index in [-0.39, 0.29) is 5.97 Å². The van der Waals surface area contributed by atoms with Crippen molar-refractivity contribution in [1.82, 2.24) is 0 Å². The molecule has 0 aliphatic rings. The summed E-state index contributed by atoms with van der Waals surface area (Å²) in [4.78, 5) is 11.1. The Morgan fingerprint density at radius 1 is 0.840 bits per heavy atom. The Hall–Kier alpha value is -2.29. The number of rotatable bonds is 10. The lowest BCUT2D eigenvalue weighted by molar-refractivity contribution is -0.140. The number of benzene rings is 2. The van der Waals surface area contributed by atoms with E-state index in [1.165, 1.54) is 31.1 Å². The maximum absolute atomic E-state index is 11.1. The Bertz CT molecular complexity index is 629. The molecule has 0 aromatic heterocycles. The lowest BCUT2D eigenvalue weighted by Gasteiger charge is -2.07. The summed E-state index contributed by atoms with van der Waals surface area (Å²) in [6.45, 7) is 2.86. The molecule has 25 heavy (non-hydrogen) atoms. The van der Waals surface area contributed by atoms with E-state index in [1.54, 1.807) is 0 Å². The van der Waals surface area contributed by atoms with Crippen LogP contribution < -0.4 is 4.74 Å². The Morgan fingerprint density at radius 2 is 1.48 bits per heavy atom. The van der Waals surface area contributed by atoms with Crippen molar-refractivity contribution >= 4 is 5.97 Å². The van der Waals surface area contributed by atoms with Gasteiger partial charge in [-0.05, 0) is 62.3 Å². The molecule has 0 aliphatic heterocycles. The number of hydrogen-bond acceptors (Lipinski definition) is 3. The molecule has 0 amide bonds. The van der Waals surface area contributed by atoms with Gasteiger partial charge in [0.1, 0.15) is 5.75 Å². The van der Waals surface area contributed by atoms with Gasteiger partial charge in [0.15, 0.2) is 0 Å². The van der Waals surface area contributed by atoms with Crippen molar-refractivity contribution in [2.75, 3.05) is 13.7 Å². The maximum Gasteiger partial charge on any atom is 0.305 e. The van der Waals surface area contributed by atoms with E-state index in [9.17, 15) is 4.79 Å².